The zero-order valence-electron chi connectivity index (χ0n) is 6.87. The summed E-state index contributed by atoms with van der Waals surface area (Å²) in [6, 6.07) is 6.82. The van der Waals surface area contributed by atoms with Gasteiger partial charge in [0.2, 0.25) is 0 Å². The third-order valence-electron chi connectivity index (χ3n) is 1.74. The molecule has 3 N–H and O–H groups in total. The molecule has 0 aliphatic rings. The van der Waals surface area contributed by atoms with E-state index in [-0.39, 0.29) is 6.61 Å². The first-order chi connectivity index (χ1) is 6.19. The third-order valence-corrected chi connectivity index (χ3v) is 2.43. The van der Waals surface area contributed by atoms with Gasteiger partial charge in [-0.3, -0.25) is 0 Å². The van der Waals surface area contributed by atoms with Crippen molar-refractivity contribution in [2.75, 3.05) is 6.61 Å². The number of aliphatic hydroxyl groups excluding tert-OH is 1. The summed E-state index contributed by atoms with van der Waals surface area (Å²) in [7, 11) is 0. The highest BCUT2D eigenvalue weighted by molar-refractivity contribution is 9.10. The smallest absolute Gasteiger partial charge is 0.100 e. The molecule has 0 saturated carbocycles. The molecule has 13 heavy (non-hydrogen) atoms. The predicted octanol–water partition coefficient (Wildman–Crippen LogP) is 1.31. The maximum Gasteiger partial charge on any atom is 0.100 e. The van der Waals surface area contributed by atoms with Crippen LogP contribution in [0, 0.1) is 11.3 Å². The van der Waals surface area contributed by atoms with Gasteiger partial charge in [0.1, 0.15) is 6.07 Å². The number of rotatable bonds is 2. The lowest BCUT2D eigenvalue weighted by Crippen LogP contribution is -2.14. The van der Waals surface area contributed by atoms with E-state index in [1.54, 1.807) is 18.2 Å². The molecule has 0 bridgehead atoms. The fraction of sp³-hybridized carbons (Fsp3) is 0.222. The van der Waals surface area contributed by atoms with Crippen LogP contribution in [0.1, 0.15) is 17.2 Å². The minimum absolute atomic E-state index is 0.119. The third kappa shape index (κ3) is 2.28. The molecule has 1 aromatic carbocycles. The summed E-state index contributed by atoms with van der Waals surface area (Å²) < 4.78 is 0.740. The van der Waals surface area contributed by atoms with E-state index in [1.165, 1.54) is 0 Å². The van der Waals surface area contributed by atoms with Crippen LogP contribution >= 0.6 is 15.9 Å². The molecule has 3 nitrogen and oxygen atoms in total. The van der Waals surface area contributed by atoms with E-state index in [0.29, 0.717) is 5.56 Å². The van der Waals surface area contributed by atoms with E-state index in [0.717, 1.165) is 10.0 Å². The van der Waals surface area contributed by atoms with Gasteiger partial charge in [-0.1, -0.05) is 6.07 Å². The zero-order chi connectivity index (χ0) is 9.84. The van der Waals surface area contributed by atoms with E-state index < -0.39 is 6.04 Å². The van der Waals surface area contributed by atoms with E-state index in [9.17, 15) is 0 Å². The molecule has 68 valence electrons. The van der Waals surface area contributed by atoms with Crippen molar-refractivity contribution in [3.05, 3.63) is 33.8 Å². The summed E-state index contributed by atoms with van der Waals surface area (Å²) in [4.78, 5) is 0. The van der Waals surface area contributed by atoms with Crippen molar-refractivity contribution in [2.45, 2.75) is 6.04 Å². The van der Waals surface area contributed by atoms with Gasteiger partial charge in [0.25, 0.3) is 0 Å². The number of nitriles is 1. The van der Waals surface area contributed by atoms with Crippen molar-refractivity contribution < 1.29 is 5.11 Å². The summed E-state index contributed by atoms with van der Waals surface area (Å²) in [6.45, 7) is -0.119. The molecule has 1 atom stereocenters. The van der Waals surface area contributed by atoms with Gasteiger partial charge in [0.15, 0.2) is 0 Å². The lowest BCUT2D eigenvalue weighted by molar-refractivity contribution is 0.268. The standard InChI is InChI=1S/C9H9BrN2O/c10-8-2-1-6(9(12)5-13)3-7(8)4-11/h1-3,9,13H,5,12H2/t9-/m0/s1. The minimum Gasteiger partial charge on any atom is -0.394 e. The molecular weight excluding hydrogens is 232 g/mol. The van der Waals surface area contributed by atoms with Crippen molar-refractivity contribution in [3.63, 3.8) is 0 Å². The Morgan fingerprint density at radius 3 is 2.85 bits per heavy atom. The van der Waals surface area contributed by atoms with E-state index in [2.05, 4.69) is 15.9 Å². The Kier molecular flexibility index (Phi) is 3.43. The average Bonchev–Trinajstić information content (AvgIpc) is 2.17. The van der Waals surface area contributed by atoms with Crippen molar-refractivity contribution in [3.8, 4) is 6.07 Å². The minimum atomic E-state index is -0.416. The van der Waals surface area contributed by atoms with Gasteiger partial charge in [-0.05, 0) is 33.6 Å². The molecule has 0 amide bonds. The number of aliphatic hydroxyl groups is 1. The normalized spacial score (nSPS) is 12.2. The Hall–Kier alpha value is -0.890. The molecule has 0 aromatic heterocycles. The summed E-state index contributed by atoms with van der Waals surface area (Å²) >= 11 is 3.24. The van der Waals surface area contributed by atoms with Crippen molar-refractivity contribution in [1.29, 1.82) is 5.26 Å². The highest BCUT2D eigenvalue weighted by Gasteiger charge is 2.06. The first kappa shape index (κ1) is 10.2. The molecule has 0 aliphatic heterocycles. The molecular formula is C9H9BrN2O. The van der Waals surface area contributed by atoms with E-state index in [1.807, 2.05) is 6.07 Å². The Bertz CT molecular complexity index is 346. The highest BCUT2D eigenvalue weighted by Crippen LogP contribution is 2.20. The number of halogens is 1. The van der Waals surface area contributed by atoms with Gasteiger partial charge in [-0.15, -0.1) is 0 Å². The van der Waals surface area contributed by atoms with Crippen LogP contribution in [0.5, 0.6) is 0 Å². The fourth-order valence-electron chi connectivity index (χ4n) is 0.965. The van der Waals surface area contributed by atoms with Gasteiger partial charge in [-0.25, -0.2) is 0 Å². The number of nitrogens with zero attached hydrogens (tertiary/aromatic N) is 1. The lowest BCUT2D eigenvalue weighted by atomic mass is 10.1. The van der Waals surface area contributed by atoms with Crippen LogP contribution in [0.15, 0.2) is 22.7 Å². The molecule has 1 aromatic rings. The first-order valence-corrected chi connectivity index (χ1v) is 4.54. The average molecular weight is 241 g/mol. The maximum absolute atomic E-state index is 8.80. The van der Waals surface area contributed by atoms with Crippen molar-refractivity contribution in [2.24, 2.45) is 5.73 Å². The SMILES string of the molecule is N#Cc1cc([C@@H](N)CO)ccc1Br. The van der Waals surface area contributed by atoms with E-state index >= 15 is 0 Å². The van der Waals surface area contributed by atoms with Crippen molar-refractivity contribution >= 4 is 15.9 Å². The maximum atomic E-state index is 8.80. The number of hydrogen-bond donors (Lipinski definition) is 2. The second-order valence-corrected chi connectivity index (χ2v) is 3.49. The van der Waals surface area contributed by atoms with Crippen LogP contribution in [0.4, 0.5) is 0 Å². The molecule has 0 heterocycles. The Balaban J connectivity index is 3.08. The summed E-state index contributed by atoms with van der Waals surface area (Å²) in [6.07, 6.45) is 0. The van der Waals surface area contributed by atoms with Crippen molar-refractivity contribution in [1.82, 2.24) is 0 Å². The van der Waals surface area contributed by atoms with Gasteiger partial charge >= 0.3 is 0 Å². The molecule has 0 saturated heterocycles. The number of nitrogens with two attached hydrogens (primary N) is 1. The molecule has 0 radical (unpaired) electrons. The summed E-state index contributed by atoms with van der Waals surface area (Å²) in [5.74, 6) is 0. The quantitative estimate of drug-likeness (QED) is 0.820. The largest absolute Gasteiger partial charge is 0.394 e. The summed E-state index contributed by atoms with van der Waals surface area (Å²) in [5.41, 5.74) is 6.89. The van der Waals surface area contributed by atoms with Gasteiger partial charge in [-0.2, -0.15) is 5.26 Å². The number of hydrogen-bond acceptors (Lipinski definition) is 3. The van der Waals surface area contributed by atoms with Crippen LogP contribution in [-0.2, 0) is 0 Å². The van der Waals surface area contributed by atoms with Gasteiger partial charge in [0, 0.05) is 4.47 Å². The van der Waals surface area contributed by atoms with Crippen LogP contribution in [0.3, 0.4) is 0 Å². The molecule has 0 aliphatic carbocycles. The summed E-state index contributed by atoms with van der Waals surface area (Å²) in [5, 5.41) is 17.5. The monoisotopic (exact) mass is 240 g/mol. The van der Waals surface area contributed by atoms with Crippen LogP contribution < -0.4 is 5.73 Å². The highest BCUT2D eigenvalue weighted by atomic mass is 79.9. The topological polar surface area (TPSA) is 70.0 Å². The predicted molar refractivity (Wildman–Crippen MR) is 52.9 cm³/mol. The van der Waals surface area contributed by atoms with Gasteiger partial charge in [0.05, 0.1) is 18.2 Å². The first-order valence-electron chi connectivity index (χ1n) is 3.75. The molecule has 4 heteroatoms. The van der Waals surface area contributed by atoms with Crippen LogP contribution in [0.2, 0.25) is 0 Å². The second kappa shape index (κ2) is 4.38. The van der Waals surface area contributed by atoms with E-state index in [4.69, 9.17) is 16.1 Å². The lowest BCUT2D eigenvalue weighted by Gasteiger charge is -2.08. The Morgan fingerprint density at radius 2 is 2.31 bits per heavy atom. The fourth-order valence-corrected chi connectivity index (χ4v) is 1.30. The molecule has 0 spiro atoms. The second-order valence-electron chi connectivity index (χ2n) is 2.64. The van der Waals surface area contributed by atoms with Crippen LogP contribution in [-0.4, -0.2) is 11.7 Å². The molecule has 0 fully saturated rings. The molecule has 1 rings (SSSR count). The Morgan fingerprint density at radius 1 is 1.62 bits per heavy atom. The van der Waals surface area contributed by atoms with Gasteiger partial charge < -0.3 is 10.8 Å². The molecule has 0 unspecified atom stereocenters. The zero-order valence-corrected chi connectivity index (χ0v) is 8.45. The van der Waals surface area contributed by atoms with Crippen LogP contribution in [0.25, 0.3) is 0 Å². The Labute approximate surface area is 84.9 Å². The number of benzene rings is 1.